The molecule has 0 aromatic heterocycles. The highest BCUT2D eigenvalue weighted by molar-refractivity contribution is 8.00. The Morgan fingerprint density at radius 2 is 1.69 bits per heavy atom. The van der Waals surface area contributed by atoms with Gasteiger partial charge in [-0.25, -0.2) is 0 Å². The molecule has 4 rings (SSSR count). The minimum atomic E-state index is -1.51. The fourth-order valence-corrected chi connectivity index (χ4v) is 6.43. The molecule has 2 aliphatic rings. The minimum absolute atomic E-state index is 0.0345. The standard InChI is InChI=1S/C31H39N3O4S/c1-20-11-9-10-14-22(20)18-32-28(37)26-31(4,5)39-19-34(26)29(38)25(35)24(15-21-12-7-6-8-13-21)33-27(36)23-16-30(2,3)17-23/h6-14,16,24-26,35H,15,17-19H2,1-5H3,(H,32,37)(H,33,36)/t24-,25-,26+/m0/s1. The molecule has 39 heavy (non-hydrogen) atoms. The molecule has 3 amide bonds. The number of allylic oxidation sites excluding steroid dienone is 1. The first-order valence-corrected chi connectivity index (χ1v) is 14.4. The number of rotatable bonds is 9. The molecule has 3 atom stereocenters. The first-order chi connectivity index (χ1) is 18.4. The molecule has 7 nitrogen and oxygen atoms in total. The summed E-state index contributed by atoms with van der Waals surface area (Å²) in [7, 11) is 0. The normalized spacial score (nSPS) is 20.8. The highest BCUT2D eigenvalue weighted by Gasteiger charge is 2.50. The lowest BCUT2D eigenvalue weighted by atomic mass is 9.74. The van der Waals surface area contributed by atoms with Gasteiger partial charge in [0.15, 0.2) is 6.10 Å². The Hall–Kier alpha value is -3.10. The van der Waals surface area contributed by atoms with Crippen LogP contribution in [0.15, 0.2) is 66.2 Å². The van der Waals surface area contributed by atoms with Crippen LogP contribution in [-0.4, -0.2) is 56.5 Å². The van der Waals surface area contributed by atoms with Gasteiger partial charge in [0.05, 0.1) is 11.9 Å². The molecule has 1 fully saturated rings. The van der Waals surface area contributed by atoms with Crippen molar-refractivity contribution in [3.05, 3.63) is 82.9 Å². The summed E-state index contributed by atoms with van der Waals surface area (Å²) in [4.78, 5) is 41.7. The lowest BCUT2D eigenvalue weighted by Gasteiger charge is -2.35. The first kappa shape index (κ1) is 28.9. The summed E-state index contributed by atoms with van der Waals surface area (Å²) >= 11 is 1.50. The summed E-state index contributed by atoms with van der Waals surface area (Å²) in [5.74, 6) is -0.824. The number of hydrogen-bond acceptors (Lipinski definition) is 5. The van der Waals surface area contributed by atoms with E-state index < -0.39 is 28.8 Å². The second-order valence-corrected chi connectivity index (χ2v) is 13.4. The Labute approximate surface area is 235 Å². The number of benzene rings is 2. The van der Waals surface area contributed by atoms with Crippen molar-refractivity contribution in [1.29, 1.82) is 0 Å². The van der Waals surface area contributed by atoms with Crippen LogP contribution >= 0.6 is 11.8 Å². The average Bonchev–Trinajstić information content (AvgIpc) is 3.20. The third-order valence-corrected chi connectivity index (χ3v) is 8.92. The molecule has 0 saturated carbocycles. The van der Waals surface area contributed by atoms with Gasteiger partial charge < -0.3 is 20.6 Å². The van der Waals surface area contributed by atoms with Crippen molar-refractivity contribution in [1.82, 2.24) is 15.5 Å². The predicted molar refractivity (Wildman–Crippen MR) is 155 cm³/mol. The van der Waals surface area contributed by atoms with E-state index in [0.29, 0.717) is 18.5 Å². The van der Waals surface area contributed by atoms with Gasteiger partial charge in [0.25, 0.3) is 5.91 Å². The van der Waals surface area contributed by atoms with Crippen molar-refractivity contribution in [3.63, 3.8) is 0 Å². The largest absolute Gasteiger partial charge is 0.381 e. The van der Waals surface area contributed by atoms with Crippen LogP contribution in [0.2, 0.25) is 0 Å². The summed E-state index contributed by atoms with van der Waals surface area (Å²) in [6, 6.07) is 15.7. The van der Waals surface area contributed by atoms with Crippen LogP contribution in [0.1, 0.15) is 50.8 Å². The fourth-order valence-electron chi connectivity index (χ4n) is 5.29. The number of nitrogens with one attached hydrogen (secondary N) is 2. The van der Waals surface area contributed by atoms with Crippen LogP contribution < -0.4 is 10.6 Å². The van der Waals surface area contributed by atoms with Gasteiger partial charge in [-0.2, -0.15) is 0 Å². The topological polar surface area (TPSA) is 98.7 Å². The number of carbonyl (C=O) groups is 3. The van der Waals surface area contributed by atoms with Gasteiger partial charge in [-0.05, 0) is 55.7 Å². The second-order valence-electron chi connectivity index (χ2n) is 11.8. The molecule has 1 saturated heterocycles. The molecule has 1 aliphatic carbocycles. The summed E-state index contributed by atoms with van der Waals surface area (Å²) in [6.07, 6.45) is 1.33. The minimum Gasteiger partial charge on any atom is -0.381 e. The van der Waals surface area contributed by atoms with Gasteiger partial charge in [-0.3, -0.25) is 14.4 Å². The van der Waals surface area contributed by atoms with E-state index in [1.165, 1.54) is 16.7 Å². The Balaban J connectivity index is 1.52. The number of thioether (sulfide) groups is 1. The lowest BCUT2D eigenvalue weighted by Crippen LogP contribution is -2.58. The van der Waals surface area contributed by atoms with Crippen molar-refractivity contribution in [2.24, 2.45) is 5.41 Å². The SMILES string of the molecule is Cc1ccccc1CNC(=O)[C@H]1N(C(=O)[C@@H](O)[C@H](Cc2ccccc2)NC(=O)C2=CC(C)(C)C2)CSC1(C)C. The number of carbonyl (C=O) groups excluding carboxylic acids is 3. The Morgan fingerprint density at radius 3 is 2.33 bits per heavy atom. The number of amides is 3. The molecule has 2 aromatic carbocycles. The molecule has 3 N–H and O–H groups in total. The number of aryl methyl sites for hydroxylation is 1. The highest BCUT2D eigenvalue weighted by atomic mass is 32.2. The number of hydrogen-bond donors (Lipinski definition) is 3. The molecular weight excluding hydrogens is 510 g/mol. The maximum atomic E-state index is 13.8. The van der Waals surface area contributed by atoms with E-state index in [-0.39, 0.29) is 29.5 Å². The van der Waals surface area contributed by atoms with Gasteiger partial charge in [0, 0.05) is 16.9 Å². The van der Waals surface area contributed by atoms with Crippen LogP contribution in [0.25, 0.3) is 0 Å². The molecule has 208 valence electrons. The Kier molecular flexibility index (Phi) is 8.57. The zero-order valence-corrected chi connectivity index (χ0v) is 24.2. The smallest absolute Gasteiger partial charge is 0.254 e. The second kappa shape index (κ2) is 11.6. The van der Waals surface area contributed by atoms with Crippen LogP contribution in [-0.2, 0) is 27.3 Å². The number of aliphatic hydroxyl groups is 1. The van der Waals surface area contributed by atoms with E-state index in [0.717, 1.165) is 16.7 Å². The van der Waals surface area contributed by atoms with Crippen LogP contribution in [0.3, 0.4) is 0 Å². The van der Waals surface area contributed by atoms with E-state index in [9.17, 15) is 19.5 Å². The van der Waals surface area contributed by atoms with Crippen molar-refractivity contribution in [3.8, 4) is 0 Å². The highest BCUT2D eigenvalue weighted by Crippen LogP contribution is 2.40. The summed E-state index contributed by atoms with van der Waals surface area (Å²) in [6.45, 7) is 10.3. The average molecular weight is 550 g/mol. The predicted octanol–water partition coefficient (Wildman–Crippen LogP) is 3.74. The third-order valence-electron chi connectivity index (χ3n) is 7.54. The number of aliphatic hydroxyl groups excluding tert-OH is 1. The van der Waals surface area contributed by atoms with E-state index in [1.807, 2.05) is 81.4 Å². The molecule has 0 spiro atoms. The van der Waals surface area contributed by atoms with Gasteiger partial charge in [-0.15, -0.1) is 11.8 Å². The van der Waals surface area contributed by atoms with E-state index in [2.05, 4.69) is 24.5 Å². The van der Waals surface area contributed by atoms with Crippen molar-refractivity contribution in [2.45, 2.75) is 76.9 Å². The summed E-state index contributed by atoms with van der Waals surface area (Å²) in [5.41, 5.74) is 3.59. The molecule has 2 aromatic rings. The van der Waals surface area contributed by atoms with E-state index in [1.54, 1.807) is 0 Å². The van der Waals surface area contributed by atoms with Crippen LogP contribution in [0, 0.1) is 12.3 Å². The molecule has 8 heteroatoms. The van der Waals surface area contributed by atoms with Gasteiger partial charge in [-0.1, -0.05) is 74.5 Å². The van der Waals surface area contributed by atoms with Crippen molar-refractivity contribution < 1.29 is 19.5 Å². The molecule has 0 radical (unpaired) electrons. The lowest BCUT2D eigenvalue weighted by molar-refractivity contribution is -0.147. The zero-order valence-electron chi connectivity index (χ0n) is 23.4. The van der Waals surface area contributed by atoms with Crippen molar-refractivity contribution in [2.75, 3.05) is 5.88 Å². The Bertz CT molecular complexity index is 1260. The van der Waals surface area contributed by atoms with Gasteiger partial charge in [0.2, 0.25) is 11.8 Å². The molecular formula is C31H39N3O4S. The number of nitrogens with zero attached hydrogens (tertiary/aromatic N) is 1. The quantitative estimate of drug-likeness (QED) is 0.443. The van der Waals surface area contributed by atoms with Crippen molar-refractivity contribution >= 4 is 29.5 Å². The maximum absolute atomic E-state index is 13.8. The van der Waals surface area contributed by atoms with E-state index >= 15 is 0 Å². The fraction of sp³-hybridized carbons (Fsp3) is 0.452. The molecule has 0 bridgehead atoms. The zero-order chi connectivity index (χ0) is 28.4. The maximum Gasteiger partial charge on any atom is 0.254 e. The monoisotopic (exact) mass is 549 g/mol. The van der Waals surface area contributed by atoms with Gasteiger partial charge >= 0.3 is 0 Å². The van der Waals surface area contributed by atoms with Crippen LogP contribution in [0.4, 0.5) is 0 Å². The Morgan fingerprint density at radius 1 is 1.05 bits per heavy atom. The summed E-state index contributed by atoms with van der Waals surface area (Å²) in [5, 5.41) is 17.3. The molecule has 0 unspecified atom stereocenters. The van der Waals surface area contributed by atoms with Gasteiger partial charge in [0.1, 0.15) is 6.04 Å². The molecule has 1 aliphatic heterocycles. The third kappa shape index (κ3) is 6.73. The molecule has 1 heterocycles. The first-order valence-electron chi connectivity index (χ1n) is 13.4. The summed E-state index contributed by atoms with van der Waals surface area (Å²) < 4.78 is -0.550. The van der Waals surface area contributed by atoms with E-state index in [4.69, 9.17) is 0 Å². The van der Waals surface area contributed by atoms with Crippen LogP contribution in [0.5, 0.6) is 0 Å².